The molecule has 124 valence electrons. The summed E-state index contributed by atoms with van der Waals surface area (Å²) in [6.07, 6.45) is 2.23. The van der Waals surface area contributed by atoms with Gasteiger partial charge < -0.3 is 15.2 Å². The molecule has 2 N–H and O–H groups in total. The van der Waals surface area contributed by atoms with E-state index in [4.69, 9.17) is 15.2 Å². The Balaban J connectivity index is 0.00000242. The van der Waals surface area contributed by atoms with Gasteiger partial charge in [0, 0.05) is 0 Å². The average molecular weight is 328 g/mol. The molecule has 0 bridgehead atoms. The van der Waals surface area contributed by atoms with E-state index in [1.165, 1.54) is 0 Å². The molecule has 0 saturated carbocycles. The first-order valence-electron chi connectivity index (χ1n) is 7.69. The standard InChI is InChI=1S/C17H25NO3.ClH/c1-12-7-6-10-15(18)17(19)21-13(2)16(12)20-11-14-8-4-3-5-9-14;/h3-5,8-9,12-13,15-16H,6-7,10-11,18H2,1-2H3;1H/t12-,13-,15-,16+;/m0./s1. The second-order valence-electron chi connectivity index (χ2n) is 5.92. The first-order chi connectivity index (χ1) is 10.1. The number of carbonyl (C=O) groups is 1. The molecule has 1 aromatic rings. The lowest BCUT2D eigenvalue weighted by Crippen LogP contribution is -2.39. The minimum atomic E-state index is -0.507. The van der Waals surface area contributed by atoms with Crippen LogP contribution in [0, 0.1) is 5.92 Å². The lowest BCUT2D eigenvalue weighted by atomic mass is 9.94. The van der Waals surface area contributed by atoms with Crippen molar-refractivity contribution in [2.75, 3.05) is 0 Å². The number of hydrogen-bond acceptors (Lipinski definition) is 4. The van der Waals surface area contributed by atoms with Crippen molar-refractivity contribution in [1.29, 1.82) is 0 Å². The van der Waals surface area contributed by atoms with Crippen molar-refractivity contribution in [3.8, 4) is 0 Å². The number of hydrogen-bond donors (Lipinski definition) is 1. The van der Waals surface area contributed by atoms with Crippen LogP contribution in [-0.2, 0) is 20.9 Å². The number of benzene rings is 1. The second kappa shape index (κ2) is 9.13. The lowest BCUT2D eigenvalue weighted by Gasteiger charge is -2.28. The molecule has 0 radical (unpaired) electrons. The molecule has 0 spiro atoms. The van der Waals surface area contributed by atoms with Crippen molar-refractivity contribution in [2.45, 2.75) is 58.0 Å². The van der Waals surface area contributed by atoms with Gasteiger partial charge in [0.1, 0.15) is 12.1 Å². The Morgan fingerprint density at radius 1 is 1.23 bits per heavy atom. The summed E-state index contributed by atoms with van der Waals surface area (Å²) in [4.78, 5) is 11.9. The molecule has 1 aromatic carbocycles. The van der Waals surface area contributed by atoms with Gasteiger partial charge in [-0.1, -0.05) is 43.7 Å². The van der Waals surface area contributed by atoms with Gasteiger partial charge in [0.25, 0.3) is 0 Å². The van der Waals surface area contributed by atoms with Crippen molar-refractivity contribution in [1.82, 2.24) is 0 Å². The molecule has 0 aromatic heterocycles. The van der Waals surface area contributed by atoms with Crippen LogP contribution in [0.4, 0.5) is 0 Å². The maximum atomic E-state index is 11.9. The van der Waals surface area contributed by atoms with Crippen molar-refractivity contribution in [3.05, 3.63) is 35.9 Å². The van der Waals surface area contributed by atoms with E-state index in [-0.39, 0.29) is 30.6 Å². The summed E-state index contributed by atoms with van der Waals surface area (Å²) >= 11 is 0. The highest BCUT2D eigenvalue weighted by molar-refractivity contribution is 5.85. The summed E-state index contributed by atoms with van der Waals surface area (Å²) in [5, 5.41) is 0. The van der Waals surface area contributed by atoms with Crippen LogP contribution in [0.15, 0.2) is 30.3 Å². The van der Waals surface area contributed by atoms with Gasteiger partial charge in [-0.05, 0) is 31.2 Å². The van der Waals surface area contributed by atoms with Crippen LogP contribution in [0.1, 0.15) is 38.7 Å². The minimum absolute atomic E-state index is 0. The molecule has 0 amide bonds. The van der Waals surface area contributed by atoms with Crippen molar-refractivity contribution in [2.24, 2.45) is 11.7 Å². The Bertz CT molecular complexity index is 454. The van der Waals surface area contributed by atoms with Crippen molar-refractivity contribution < 1.29 is 14.3 Å². The number of halogens is 1. The minimum Gasteiger partial charge on any atom is -0.459 e. The molecular weight excluding hydrogens is 302 g/mol. The fourth-order valence-electron chi connectivity index (χ4n) is 2.81. The molecule has 0 aliphatic carbocycles. The molecule has 4 atom stereocenters. The number of ether oxygens (including phenoxy) is 2. The van der Waals surface area contributed by atoms with E-state index in [1.54, 1.807) is 0 Å². The Morgan fingerprint density at radius 2 is 1.91 bits per heavy atom. The highest BCUT2D eigenvalue weighted by atomic mass is 35.5. The molecular formula is C17H26ClNO3. The highest BCUT2D eigenvalue weighted by Crippen LogP contribution is 2.24. The van der Waals surface area contributed by atoms with Crippen LogP contribution in [0.3, 0.4) is 0 Å². The van der Waals surface area contributed by atoms with Gasteiger partial charge in [0.05, 0.1) is 12.7 Å². The third-order valence-electron chi connectivity index (χ3n) is 4.09. The Kier molecular flexibility index (Phi) is 7.87. The number of carbonyl (C=O) groups excluding carboxylic acids is 1. The van der Waals surface area contributed by atoms with Crippen molar-refractivity contribution >= 4 is 18.4 Å². The normalized spacial score (nSPS) is 29.5. The molecule has 22 heavy (non-hydrogen) atoms. The van der Waals surface area contributed by atoms with E-state index in [9.17, 15) is 4.79 Å². The second-order valence-corrected chi connectivity index (χ2v) is 5.92. The van der Waals surface area contributed by atoms with E-state index >= 15 is 0 Å². The van der Waals surface area contributed by atoms with Crippen molar-refractivity contribution in [3.63, 3.8) is 0 Å². The molecule has 5 heteroatoms. The molecule has 1 aliphatic rings. The van der Waals surface area contributed by atoms with Crippen LogP contribution in [0.2, 0.25) is 0 Å². The molecule has 1 fully saturated rings. The lowest BCUT2D eigenvalue weighted by molar-refractivity contribution is -0.160. The molecule has 0 unspecified atom stereocenters. The maximum absolute atomic E-state index is 11.9. The Hall–Kier alpha value is -1.10. The van der Waals surface area contributed by atoms with E-state index < -0.39 is 6.04 Å². The molecule has 1 heterocycles. The summed E-state index contributed by atoms with van der Waals surface area (Å²) in [5.74, 6) is 0.0201. The fourth-order valence-corrected chi connectivity index (χ4v) is 2.81. The Morgan fingerprint density at radius 3 is 2.59 bits per heavy atom. The van der Waals surface area contributed by atoms with Gasteiger partial charge in [0.15, 0.2) is 0 Å². The van der Waals surface area contributed by atoms with E-state index in [2.05, 4.69) is 6.92 Å². The molecule has 1 saturated heterocycles. The first kappa shape index (κ1) is 18.9. The maximum Gasteiger partial charge on any atom is 0.323 e. The number of nitrogens with two attached hydrogens (primary N) is 1. The molecule has 1 aliphatic heterocycles. The Labute approximate surface area is 138 Å². The quantitative estimate of drug-likeness (QED) is 0.867. The molecule has 4 nitrogen and oxygen atoms in total. The first-order valence-corrected chi connectivity index (χ1v) is 7.69. The summed E-state index contributed by atoms with van der Waals surface area (Å²) in [6.45, 7) is 4.57. The van der Waals surface area contributed by atoms with E-state index in [0.29, 0.717) is 18.9 Å². The van der Waals surface area contributed by atoms with Crippen LogP contribution < -0.4 is 5.73 Å². The van der Waals surface area contributed by atoms with Crippen LogP contribution in [0.5, 0.6) is 0 Å². The number of cyclic esters (lactones) is 1. The summed E-state index contributed by atoms with van der Waals surface area (Å²) in [5.41, 5.74) is 6.94. The highest BCUT2D eigenvalue weighted by Gasteiger charge is 2.31. The number of rotatable bonds is 3. The van der Waals surface area contributed by atoms with E-state index in [0.717, 1.165) is 18.4 Å². The zero-order valence-corrected chi connectivity index (χ0v) is 14.1. The van der Waals surface area contributed by atoms with Gasteiger partial charge in [-0.15, -0.1) is 12.4 Å². The predicted molar refractivity (Wildman–Crippen MR) is 88.8 cm³/mol. The molecule has 2 rings (SSSR count). The SMILES string of the molecule is C[C@@H]1OC(=O)[C@@H](N)CCC[C@H](C)[C@H]1OCc1ccccc1.Cl. The topological polar surface area (TPSA) is 61.5 Å². The zero-order valence-electron chi connectivity index (χ0n) is 13.2. The third kappa shape index (κ3) is 5.27. The summed E-state index contributed by atoms with van der Waals surface area (Å²) in [6, 6.07) is 9.53. The monoisotopic (exact) mass is 327 g/mol. The smallest absolute Gasteiger partial charge is 0.323 e. The van der Waals surface area contributed by atoms with Gasteiger partial charge >= 0.3 is 5.97 Å². The third-order valence-corrected chi connectivity index (χ3v) is 4.09. The van der Waals surface area contributed by atoms with Gasteiger partial charge in [-0.3, -0.25) is 4.79 Å². The van der Waals surface area contributed by atoms with Gasteiger partial charge in [0.2, 0.25) is 0 Å². The van der Waals surface area contributed by atoms with E-state index in [1.807, 2.05) is 37.3 Å². The fraction of sp³-hybridized carbons (Fsp3) is 0.588. The summed E-state index contributed by atoms with van der Waals surface area (Å²) in [7, 11) is 0. The van der Waals surface area contributed by atoms with Gasteiger partial charge in [-0.25, -0.2) is 0 Å². The average Bonchev–Trinajstić information content (AvgIpc) is 2.51. The van der Waals surface area contributed by atoms with Gasteiger partial charge in [-0.2, -0.15) is 0 Å². The van der Waals surface area contributed by atoms with Crippen LogP contribution >= 0.6 is 12.4 Å². The zero-order chi connectivity index (χ0) is 15.2. The van der Waals surface area contributed by atoms with Crippen LogP contribution in [-0.4, -0.2) is 24.2 Å². The summed E-state index contributed by atoms with van der Waals surface area (Å²) < 4.78 is 11.5. The predicted octanol–water partition coefficient (Wildman–Crippen LogP) is 3.07. The largest absolute Gasteiger partial charge is 0.459 e. The number of esters is 1. The van der Waals surface area contributed by atoms with Crippen LogP contribution in [0.25, 0.3) is 0 Å².